The lowest BCUT2D eigenvalue weighted by atomic mass is 9.82. The number of nitrogens with zero attached hydrogens (tertiary/aromatic N) is 1. The maximum atomic E-state index is 7.25. The van der Waals surface area contributed by atoms with Crippen LogP contribution in [0.5, 0.6) is 0 Å². The van der Waals surface area contributed by atoms with Crippen LogP contribution in [0.4, 0.5) is 0 Å². The van der Waals surface area contributed by atoms with E-state index in [1.54, 1.807) is 0 Å². The third kappa shape index (κ3) is 7.26. The SMILES string of the molecule is CCCCCC1=C(C)OC(Cl)(c2ccccc2-c2cccc(C(NCCCC)C3CCCCC3)n2)OC1(C)C. The number of nitrogens with one attached hydrogen (secondary N) is 1. The molecule has 2 aromatic rings. The van der Waals surface area contributed by atoms with Gasteiger partial charge in [-0.25, -0.2) is 0 Å². The number of alkyl halides is 1. The molecule has 1 fully saturated rings. The van der Waals surface area contributed by atoms with Gasteiger partial charge in [0.25, 0.3) is 0 Å². The number of ether oxygens (including phenoxy) is 2. The van der Waals surface area contributed by atoms with Gasteiger partial charge in [0.2, 0.25) is 0 Å². The van der Waals surface area contributed by atoms with Crippen molar-refractivity contribution in [3.63, 3.8) is 0 Å². The normalized spacial score (nSPS) is 22.5. The van der Waals surface area contributed by atoms with E-state index in [1.165, 1.54) is 63.4 Å². The Morgan fingerprint density at radius 3 is 2.44 bits per heavy atom. The van der Waals surface area contributed by atoms with Crippen LogP contribution >= 0.6 is 11.6 Å². The van der Waals surface area contributed by atoms with E-state index in [2.05, 4.69) is 57.3 Å². The van der Waals surface area contributed by atoms with Crippen molar-refractivity contribution in [3.8, 4) is 11.3 Å². The zero-order chi connectivity index (χ0) is 27.9. The largest absolute Gasteiger partial charge is 0.449 e. The molecular formula is C34H49ClN2O2. The number of aromatic nitrogens is 1. The number of rotatable bonds is 12. The second-order valence-electron chi connectivity index (χ2n) is 11.9. The van der Waals surface area contributed by atoms with Crippen molar-refractivity contribution >= 4 is 11.6 Å². The first-order valence-corrected chi connectivity index (χ1v) is 15.8. The van der Waals surface area contributed by atoms with Crippen molar-refractivity contribution in [1.82, 2.24) is 10.3 Å². The number of unbranched alkanes of at least 4 members (excludes halogenated alkanes) is 3. The Hall–Kier alpha value is -1.88. The van der Waals surface area contributed by atoms with Crippen LogP contribution in [0.25, 0.3) is 11.3 Å². The van der Waals surface area contributed by atoms with Gasteiger partial charge in [0.1, 0.15) is 5.76 Å². The van der Waals surface area contributed by atoms with Crippen LogP contribution in [0.3, 0.4) is 0 Å². The highest BCUT2D eigenvalue weighted by Gasteiger charge is 2.47. The molecule has 1 aromatic heterocycles. The second-order valence-corrected chi connectivity index (χ2v) is 12.4. The summed E-state index contributed by atoms with van der Waals surface area (Å²) in [6, 6.07) is 14.8. The van der Waals surface area contributed by atoms with E-state index in [0.717, 1.165) is 47.7 Å². The molecule has 1 aliphatic carbocycles. The summed E-state index contributed by atoms with van der Waals surface area (Å²) in [6.07, 6.45) is 13.3. The molecule has 0 saturated heterocycles. The molecule has 5 heteroatoms. The Bertz CT molecular complexity index is 1110. The van der Waals surface area contributed by atoms with E-state index in [9.17, 15) is 0 Å². The van der Waals surface area contributed by atoms with E-state index in [4.69, 9.17) is 26.1 Å². The van der Waals surface area contributed by atoms with Crippen molar-refractivity contribution < 1.29 is 9.47 Å². The summed E-state index contributed by atoms with van der Waals surface area (Å²) in [5.41, 5.74) is 4.43. The maximum Gasteiger partial charge on any atom is 0.319 e. The summed E-state index contributed by atoms with van der Waals surface area (Å²) < 4.78 is 13.0. The number of allylic oxidation sites excluding steroid dienone is 1. The Balaban J connectivity index is 1.67. The van der Waals surface area contributed by atoms with Crippen LogP contribution in [0.2, 0.25) is 0 Å². The van der Waals surface area contributed by atoms with Crippen LogP contribution in [-0.4, -0.2) is 17.1 Å². The summed E-state index contributed by atoms with van der Waals surface area (Å²) in [5.74, 6) is 1.49. The number of benzene rings is 1. The average molecular weight is 553 g/mol. The fourth-order valence-corrected chi connectivity index (χ4v) is 6.86. The van der Waals surface area contributed by atoms with Crippen molar-refractivity contribution in [3.05, 3.63) is 65.1 Å². The monoisotopic (exact) mass is 552 g/mol. The first kappa shape index (κ1) is 30.1. The molecule has 0 radical (unpaired) electrons. The minimum absolute atomic E-state index is 0.269. The number of halogens is 1. The highest BCUT2D eigenvalue weighted by molar-refractivity contribution is 6.22. The van der Waals surface area contributed by atoms with Gasteiger partial charge in [-0.3, -0.25) is 4.98 Å². The van der Waals surface area contributed by atoms with E-state index in [-0.39, 0.29) is 6.04 Å². The molecule has 2 unspecified atom stereocenters. The third-order valence-electron chi connectivity index (χ3n) is 8.48. The minimum atomic E-state index is -1.42. The molecular weight excluding hydrogens is 504 g/mol. The standard InChI is InChI=1S/C34H49ClN2O2/c1-6-8-11-20-28-25(3)38-34(35,39-33(28,4)5)29-21-15-14-19-27(29)30-22-16-23-31(37-30)32(36-24-9-7-2)26-17-12-10-13-18-26/h14-16,19,21-23,26,32,36H,6-13,17-18,20,24H2,1-5H3. The van der Waals surface area contributed by atoms with Gasteiger partial charge >= 0.3 is 5.25 Å². The Morgan fingerprint density at radius 1 is 0.974 bits per heavy atom. The number of hydrogen-bond donors (Lipinski definition) is 1. The van der Waals surface area contributed by atoms with Crippen LogP contribution in [0.1, 0.15) is 123 Å². The molecule has 1 saturated carbocycles. The highest BCUT2D eigenvalue weighted by atomic mass is 35.5. The van der Waals surface area contributed by atoms with Gasteiger partial charge < -0.3 is 14.8 Å². The lowest BCUT2D eigenvalue weighted by molar-refractivity contribution is -0.230. The molecule has 1 N–H and O–H groups in total. The van der Waals surface area contributed by atoms with Gasteiger partial charge in [-0.1, -0.05) is 82.7 Å². The lowest BCUT2D eigenvalue weighted by Gasteiger charge is -2.44. The molecule has 0 bridgehead atoms. The van der Waals surface area contributed by atoms with Crippen LogP contribution < -0.4 is 5.32 Å². The van der Waals surface area contributed by atoms with Crippen molar-refractivity contribution in [2.24, 2.45) is 5.92 Å². The summed E-state index contributed by atoms with van der Waals surface area (Å²) >= 11 is 7.25. The Morgan fingerprint density at radius 2 is 1.72 bits per heavy atom. The lowest BCUT2D eigenvalue weighted by Crippen LogP contribution is -2.43. The van der Waals surface area contributed by atoms with E-state index >= 15 is 0 Å². The zero-order valence-electron chi connectivity index (χ0n) is 24.8. The first-order chi connectivity index (χ1) is 18.8. The van der Waals surface area contributed by atoms with E-state index in [1.807, 2.05) is 25.1 Å². The zero-order valence-corrected chi connectivity index (χ0v) is 25.6. The molecule has 2 aliphatic rings. The van der Waals surface area contributed by atoms with Gasteiger partial charge in [-0.05, 0) is 94.6 Å². The molecule has 2 heterocycles. The maximum absolute atomic E-state index is 7.25. The molecule has 1 aromatic carbocycles. The molecule has 0 amide bonds. The topological polar surface area (TPSA) is 43.4 Å². The van der Waals surface area contributed by atoms with Crippen LogP contribution in [-0.2, 0) is 14.7 Å². The van der Waals surface area contributed by atoms with Gasteiger partial charge in [0.15, 0.2) is 0 Å². The molecule has 0 spiro atoms. The van der Waals surface area contributed by atoms with Gasteiger partial charge in [0, 0.05) is 11.1 Å². The van der Waals surface area contributed by atoms with Gasteiger partial charge in [-0.2, -0.15) is 0 Å². The molecule has 2 atom stereocenters. The number of pyridine rings is 1. The molecule has 4 rings (SSSR count). The fourth-order valence-electron chi connectivity index (χ4n) is 6.39. The summed E-state index contributed by atoms with van der Waals surface area (Å²) in [5, 5.41) is 2.45. The van der Waals surface area contributed by atoms with Gasteiger partial charge in [0.05, 0.1) is 23.0 Å². The van der Waals surface area contributed by atoms with Gasteiger partial charge in [-0.15, -0.1) is 0 Å². The van der Waals surface area contributed by atoms with Crippen LogP contribution in [0, 0.1) is 5.92 Å². The van der Waals surface area contributed by atoms with E-state index in [0.29, 0.717) is 5.92 Å². The van der Waals surface area contributed by atoms with Crippen LogP contribution in [0.15, 0.2) is 53.8 Å². The summed E-state index contributed by atoms with van der Waals surface area (Å²) in [6.45, 7) is 11.7. The van der Waals surface area contributed by atoms with Crippen molar-refractivity contribution in [2.45, 2.75) is 122 Å². The first-order valence-electron chi connectivity index (χ1n) is 15.4. The quantitative estimate of drug-likeness (QED) is 0.210. The number of hydrogen-bond acceptors (Lipinski definition) is 4. The molecule has 39 heavy (non-hydrogen) atoms. The Kier molecular flexibility index (Phi) is 10.5. The predicted molar refractivity (Wildman–Crippen MR) is 163 cm³/mol. The predicted octanol–water partition coefficient (Wildman–Crippen LogP) is 9.79. The minimum Gasteiger partial charge on any atom is -0.449 e. The highest BCUT2D eigenvalue weighted by Crippen LogP contribution is 2.49. The molecule has 4 nitrogen and oxygen atoms in total. The average Bonchev–Trinajstić information content (AvgIpc) is 2.93. The summed E-state index contributed by atoms with van der Waals surface area (Å²) in [7, 11) is 0. The smallest absolute Gasteiger partial charge is 0.319 e. The fraction of sp³-hybridized carbons (Fsp3) is 0.618. The van der Waals surface area contributed by atoms with Crippen molar-refractivity contribution in [1.29, 1.82) is 0 Å². The van der Waals surface area contributed by atoms with Crippen molar-refractivity contribution in [2.75, 3.05) is 6.54 Å². The molecule has 1 aliphatic heterocycles. The third-order valence-corrected chi connectivity index (χ3v) is 8.84. The second kappa shape index (κ2) is 13.7. The molecule has 214 valence electrons. The summed E-state index contributed by atoms with van der Waals surface area (Å²) in [4.78, 5) is 5.26. The van der Waals surface area contributed by atoms with E-state index < -0.39 is 10.8 Å². The Labute approximate surface area is 241 Å².